The first kappa shape index (κ1) is 17.2. The van der Waals surface area contributed by atoms with Gasteiger partial charge in [0.05, 0.1) is 10.8 Å². The molecule has 0 aliphatic rings. The molecule has 0 fully saturated rings. The summed E-state index contributed by atoms with van der Waals surface area (Å²) in [7, 11) is 3.97. The Morgan fingerprint density at radius 2 is 1.80 bits per heavy atom. The molecule has 2 aromatic carbocycles. The van der Waals surface area contributed by atoms with Crippen LogP contribution in [0.2, 0.25) is 0 Å². The van der Waals surface area contributed by atoms with Gasteiger partial charge in [-0.05, 0) is 37.3 Å². The number of nitrogens with zero attached hydrogens (tertiary/aromatic N) is 3. The minimum absolute atomic E-state index is 0.0507. The van der Waals surface area contributed by atoms with E-state index < -0.39 is 0 Å². The molecule has 3 rings (SSSR count). The molecular weight excluding hydrogens is 332 g/mol. The van der Waals surface area contributed by atoms with E-state index in [0.717, 1.165) is 27.3 Å². The van der Waals surface area contributed by atoms with Crippen LogP contribution in [0.5, 0.6) is 0 Å². The first-order chi connectivity index (χ1) is 12.0. The maximum absolute atomic E-state index is 12.5. The van der Waals surface area contributed by atoms with Gasteiger partial charge in [0.25, 0.3) is 0 Å². The van der Waals surface area contributed by atoms with Crippen LogP contribution in [0.25, 0.3) is 10.9 Å². The highest BCUT2D eigenvalue weighted by molar-refractivity contribution is 8.00. The van der Waals surface area contributed by atoms with E-state index in [4.69, 9.17) is 0 Å². The third-order valence-corrected chi connectivity index (χ3v) is 4.93. The topological polar surface area (TPSA) is 58.1 Å². The van der Waals surface area contributed by atoms with E-state index in [1.165, 1.54) is 18.1 Å². The zero-order valence-corrected chi connectivity index (χ0v) is 15.2. The zero-order valence-electron chi connectivity index (χ0n) is 14.4. The molecule has 5 nitrogen and oxygen atoms in total. The third-order valence-electron chi connectivity index (χ3n) is 3.82. The zero-order chi connectivity index (χ0) is 17.8. The van der Waals surface area contributed by atoms with Crippen LogP contribution in [-0.4, -0.2) is 35.2 Å². The number of nitrogens with one attached hydrogen (secondary N) is 1. The molecule has 1 heterocycles. The summed E-state index contributed by atoms with van der Waals surface area (Å²) in [5.41, 5.74) is 2.76. The molecule has 128 valence electrons. The lowest BCUT2D eigenvalue weighted by Crippen LogP contribution is -2.22. The predicted molar refractivity (Wildman–Crippen MR) is 104 cm³/mol. The Morgan fingerprint density at radius 3 is 2.52 bits per heavy atom. The molecule has 0 unspecified atom stereocenters. The molecule has 0 saturated heterocycles. The summed E-state index contributed by atoms with van der Waals surface area (Å²) in [6.45, 7) is 1.88. The van der Waals surface area contributed by atoms with E-state index in [2.05, 4.69) is 15.3 Å². The number of rotatable bonds is 5. The number of hydrogen-bond donors (Lipinski definition) is 1. The largest absolute Gasteiger partial charge is 0.378 e. The predicted octanol–water partition coefficient (Wildman–Crippen LogP) is 3.82. The van der Waals surface area contributed by atoms with Crippen molar-refractivity contribution < 1.29 is 4.79 Å². The van der Waals surface area contributed by atoms with Gasteiger partial charge < -0.3 is 10.2 Å². The smallest absolute Gasteiger partial charge is 0.237 e. The fourth-order valence-corrected chi connectivity index (χ4v) is 3.29. The van der Waals surface area contributed by atoms with Gasteiger partial charge in [0, 0.05) is 30.9 Å². The molecule has 0 aliphatic heterocycles. The van der Waals surface area contributed by atoms with Crippen molar-refractivity contribution in [2.24, 2.45) is 0 Å². The van der Waals surface area contributed by atoms with Gasteiger partial charge in [-0.25, -0.2) is 9.97 Å². The van der Waals surface area contributed by atoms with Crippen molar-refractivity contribution in [3.63, 3.8) is 0 Å². The first-order valence-corrected chi connectivity index (χ1v) is 8.87. The Bertz CT molecular complexity index is 875. The quantitative estimate of drug-likeness (QED) is 0.559. The number of anilines is 2. The SMILES string of the molecule is C[C@@H](Sc1ncnc2ccccc12)C(=O)Nc1ccc(N(C)C)cc1. The van der Waals surface area contributed by atoms with Crippen LogP contribution in [-0.2, 0) is 4.79 Å². The molecule has 3 aromatic rings. The lowest BCUT2D eigenvalue weighted by atomic mass is 10.2. The summed E-state index contributed by atoms with van der Waals surface area (Å²) in [6.07, 6.45) is 1.54. The van der Waals surface area contributed by atoms with E-state index in [-0.39, 0.29) is 11.2 Å². The van der Waals surface area contributed by atoms with Gasteiger partial charge in [-0.15, -0.1) is 0 Å². The highest BCUT2D eigenvalue weighted by Crippen LogP contribution is 2.28. The average Bonchev–Trinajstić information content (AvgIpc) is 2.62. The molecule has 0 saturated carbocycles. The lowest BCUT2D eigenvalue weighted by molar-refractivity contribution is -0.115. The second kappa shape index (κ2) is 7.53. The minimum Gasteiger partial charge on any atom is -0.378 e. The van der Waals surface area contributed by atoms with E-state index in [1.54, 1.807) is 0 Å². The van der Waals surface area contributed by atoms with Gasteiger partial charge in [-0.3, -0.25) is 4.79 Å². The number of benzene rings is 2. The van der Waals surface area contributed by atoms with Crippen LogP contribution < -0.4 is 10.2 Å². The number of para-hydroxylation sites is 1. The number of carbonyl (C=O) groups is 1. The number of hydrogen-bond acceptors (Lipinski definition) is 5. The maximum Gasteiger partial charge on any atom is 0.237 e. The summed E-state index contributed by atoms with van der Waals surface area (Å²) in [6, 6.07) is 15.6. The molecule has 1 aromatic heterocycles. The van der Waals surface area contributed by atoms with Crippen molar-refractivity contribution in [3.05, 3.63) is 54.9 Å². The molecule has 1 atom stereocenters. The molecule has 1 amide bonds. The third kappa shape index (κ3) is 4.09. The number of thioether (sulfide) groups is 1. The first-order valence-electron chi connectivity index (χ1n) is 7.99. The number of amides is 1. The second-order valence-electron chi connectivity index (χ2n) is 5.89. The number of fused-ring (bicyclic) bond motifs is 1. The van der Waals surface area contributed by atoms with Crippen LogP contribution in [0.1, 0.15) is 6.92 Å². The fourth-order valence-electron chi connectivity index (χ4n) is 2.38. The van der Waals surface area contributed by atoms with Gasteiger partial charge in [0.2, 0.25) is 5.91 Å². The Kier molecular flexibility index (Phi) is 5.19. The van der Waals surface area contributed by atoms with Crippen molar-refractivity contribution in [1.29, 1.82) is 0 Å². The summed E-state index contributed by atoms with van der Waals surface area (Å²) < 4.78 is 0. The van der Waals surface area contributed by atoms with E-state index in [9.17, 15) is 4.79 Å². The average molecular weight is 352 g/mol. The lowest BCUT2D eigenvalue weighted by Gasteiger charge is -2.15. The molecule has 0 radical (unpaired) electrons. The number of aromatic nitrogens is 2. The summed E-state index contributed by atoms with van der Waals surface area (Å²) >= 11 is 1.44. The molecule has 0 aliphatic carbocycles. The number of carbonyl (C=O) groups excluding carboxylic acids is 1. The van der Waals surface area contributed by atoms with Crippen LogP contribution in [0.4, 0.5) is 11.4 Å². The van der Waals surface area contributed by atoms with Gasteiger partial charge in [-0.2, -0.15) is 0 Å². The summed E-state index contributed by atoms with van der Waals surface area (Å²) in [4.78, 5) is 23.1. The van der Waals surface area contributed by atoms with Gasteiger partial charge in [0.1, 0.15) is 11.4 Å². The fraction of sp³-hybridized carbons (Fsp3) is 0.211. The van der Waals surface area contributed by atoms with Crippen LogP contribution in [0.15, 0.2) is 59.9 Å². The van der Waals surface area contributed by atoms with Crippen molar-refractivity contribution >= 4 is 39.9 Å². The molecule has 1 N–H and O–H groups in total. The Morgan fingerprint density at radius 1 is 1.08 bits per heavy atom. The highest BCUT2D eigenvalue weighted by Gasteiger charge is 2.17. The summed E-state index contributed by atoms with van der Waals surface area (Å²) in [5.74, 6) is -0.0507. The molecule has 0 bridgehead atoms. The molecule has 25 heavy (non-hydrogen) atoms. The maximum atomic E-state index is 12.5. The Labute approximate surface area is 151 Å². The monoisotopic (exact) mass is 352 g/mol. The van der Waals surface area contributed by atoms with Crippen LogP contribution in [0, 0.1) is 0 Å². The highest BCUT2D eigenvalue weighted by atomic mass is 32.2. The van der Waals surface area contributed by atoms with Crippen molar-refractivity contribution in [2.75, 3.05) is 24.3 Å². The summed E-state index contributed by atoms with van der Waals surface area (Å²) in [5, 5.41) is 4.46. The van der Waals surface area contributed by atoms with Gasteiger partial charge in [0.15, 0.2) is 0 Å². The Hall–Kier alpha value is -2.60. The van der Waals surface area contributed by atoms with E-state index in [0.29, 0.717) is 0 Å². The molecule has 6 heteroatoms. The Balaban J connectivity index is 1.70. The second-order valence-corrected chi connectivity index (χ2v) is 7.22. The normalized spacial score (nSPS) is 12.0. The standard InChI is InChI=1S/C19H20N4OS/c1-13(18(24)22-14-8-10-15(11-9-14)23(2)3)25-19-16-6-4-5-7-17(16)20-12-21-19/h4-13H,1-3H3,(H,22,24)/t13-/m1/s1. The van der Waals surface area contributed by atoms with Crippen molar-refractivity contribution in [3.8, 4) is 0 Å². The van der Waals surface area contributed by atoms with Gasteiger partial charge in [-0.1, -0.05) is 30.0 Å². The molecular formula is C19H20N4OS. The van der Waals surface area contributed by atoms with E-state index >= 15 is 0 Å². The van der Waals surface area contributed by atoms with Crippen LogP contribution >= 0.6 is 11.8 Å². The molecule has 0 spiro atoms. The van der Waals surface area contributed by atoms with E-state index in [1.807, 2.05) is 74.4 Å². The van der Waals surface area contributed by atoms with Crippen LogP contribution in [0.3, 0.4) is 0 Å². The van der Waals surface area contributed by atoms with Crippen molar-refractivity contribution in [2.45, 2.75) is 17.2 Å². The van der Waals surface area contributed by atoms with Crippen molar-refractivity contribution in [1.82, 2.24) is 9.97 Å². The van der Waals surface area contributed by atoms with Gasteiger partial charge >= 0.3 is 0 Å². The minimum atomic E-state index is -0.271.